The van der Waals surface area contributed by atoms with Crippen molar-refractivity contribution in [2.75, 3.05) is 6.54 Å². The van der Waals surface area contributed by atoms with Gasteiger partial charge >= 0.3 is 0 Å². The first-order chi connectivity index (χ1) is 9.26. The molecule has 0 amide bonds. The molecule has 0 bridgehead atoms. The average Bonchev–Trinajstić information content (AvgIpc) is 2.46. The van der Waals surface area contributed by atoms with E-state index in [-0.39, 0.29) is 0 Å². The predicted molar refractivity (Wildman–Crippen MR) is 81.4 cm³/mol. The normalized spacial score (nSPS) is 25.2. The SMILES string of the molecule is CCNC(c1ccncc1Cl)C1CCCC(CC)C1. The summed E-state index contributed by atoms with van der Waals surface area (Å²) in [6, 6.07) is 2.46. The van der Waals surface area contributed by atoms with E-state index in [0.717, 1.165) is 17.5 Å². The fourth-order valence-corrected chi connectivity index (χ4v) is 3.63. The van der Waals surface area contributed by atoms with Crippen molar-refractivity contribution >= 4 is 11.6 Å². The zero-order chi connectivity index (χ0) is 13.7. The summed E-state index contributed by atoms with van der Waals surface area (Å²) in [5, 5.41) is 4.44. The van der Waals surface area contributed by atoms with Crippen LogP contribution in [0.1, 0.15) is 57.6 Å². The van der Waals surface area contributed by atoms with Gasteiger partial charge in [-0.2, -0.15) is 0 Å². The highest BCUT2D eigenvalue weighted by molar-refractivity contribution is 6.31. The van der Waals surface area contributed by atoms with Crippen LogP contribution in [-0.2, 0) is 0 Å². The first kappa shape index (κ1) is 14.8. The van der Waals surface area contributed by atoms with Crippen LogP contribution in [0, 0.1) is 11.8 Å². The van der Waals surface area contributed by atoms with E-state index >= 15 is 0 Å². The monoisotopic (exact) mass is 280 g/mol. The van der Waals surface area contributed by atoms with Crippen molar-refractivity contribution in [1.29, 1.82) is 0 Å². The van der Waals surface area contributed by atoms with E-state index < -0.39 is 0 Å². The summed E-state index contributed by atoms with van der Waals surface area (Å²) in [6.45, 7) is 5.47. The molecular weight excluding hydrogens is 256 g/mol. The third-order valence-electron chi connectivity index (χ3n) is 4.44. The molecule has 1 heterocycles. The van der Waals surface area contributed by atoms with Crippen LogP contribution in [0.4, 0.5) is 0 Å². The molecule has 0 aliphatic heterocycles. The standard InChI is InChI=1S/C16H25ClN2/c1-3-12-6-5-7-13(10-12)16(19-4-2)14-8-9-18-11-15(14)17/h8-9,11-13,16,19H,3-7,10H2,1-2H3. The Morgan fingerprint density at radius 1 is 1.42 bits per heavy atom. The topological polar surface area (TPSA) is 24.9 Å². The van der Waals surface area contributed by atoms with Gasteiger partial charge in [-0.3, -0.25) is 4.98 Å². The summed E-state index contributed by atoms with van der Waals surface area (Å²) in [5.74, 6) is 1.60. The summed E-state index contributed by atoms with van der Waals surface area (Å²) in [5.41, 5.74) is 1.22. The van der Waals surface area contributed by atoms with Crippen LogP contribution in [0.15, 0.2) is 18.5 Å². The quantitative estimate of drug-likeness (QED) is 0.852. The fraction of sp³-hybridized carbons (Fsp3) is 0.688. The molecule has 19 heavy (non-hydrogen) atoms. The molecule has 3 atom stereocenters. The number of pyridine rings is 1. The predicted octanol–water partition coefficient (Wildman–Crippen LogP) is 4.60. The van der Waals surface area contributed by atoms with Gasteiger partial charge in [-0.15, -0.1) is 0 Å². The number of aromatic nitrogens is 1. The third-order valence-corrected chi connectivity index (χ3v) is 4.75. The molecule has 1 aromatic heterocycles. The smallest absolute Gasteiger partial charge is 0.0637 e. The molecule has 3 heteroatoms. The Kier molecular flexibility index (Phi) is 5.65. The van der Waals surface area contributed by atoms with Crippen LogP contribution >= 0.6 is 11.6 Å². The second kappa shape index (κ2) is 7.25. The largest absolute Gasteiger partial charge is 0.310 e. The minimum atomic E-state index is 0.384. The van der Waals surface area contributed by atoms with E-state index in [1.807, 2.05) is 6.20 Å². The highest BCUT2D eigenvalue weighted by Crippen LogP contribution is 2.39. The molecule has 1 N–H and O–H groups in total. The molecule has 1 fully saturated rings. The Morgan fingerprint density at radius 3 is 2.95 bits per heavy atom. The lowest BCUT2D eigenvalue weighted by atomic mass is 9.75. The van der Waals surface area contributed by atoms with Crippen molar-refractivity contribution in [2.45, 2.75) is 52.0 Å². The molecule has 2 rings (SSSR count). The van der Waals surface area contributed by atoms with E-state index in [9.17, 15) is 0 Å². The zero-order valence-electron chi connectivity index (χ0n) is 12.0. The second-order valence-electron chi connectivity index (χ2n) is 5.63. The molecule has 3 unspecified atom stereocenters. The second-order valence-corrected chi connectivity index (χ2v) is 6.04. The van der Waals surface area contributed by atoms with Crippen molar-refractivity contribution in [3.05, 3.63) is 29.0 Å². The molecule has 2 nitrogen and oxygen atoms in total. The summed E-state index contributed by atoms with van der Waals surface area (Å²) in [7, 11) is 0. The van der Waals surface area contributed by atoms with Gasteiger partial charge in [-0.05, 0) is 42.9 Å². The Hall–Kier alpha value is -0.600. The van der Waals surface area contributed by atoms with E-state index in [0.29, 0.717) is 12.0 Å². The van der Waals surface area contributed by atoms with Gasteiger partial charge in [-0.25, -0.2) is 0 Å². The maximum Gasteiger partial charge on any atom is 0.0637 e. The van der Waals surface area contributed by atoms with Crippen molar-refractivity contribution in [1.82, 2.24) is 10.3 Å². The number of nitrogens with one attached hydrogen (secondary N) is 1. The van der Waals surface area contributed by atoms with Gasteiger partial charge in [0.2, 0.25) is 0 Å². The van der Waals surface area contributed by atoms with Gasteiger partial charge in [0.1, 0.15) is 0 Å². The van der Waals surface area contributed by atoms with Crippen molar-refractivity contribution in [2.24, 2.45) is 11.8 Å². The minimum absolute atomic E-state index is 0.384. The molecule has 1 aliphatic rings. The van der Waals surface area contributed by atoms with Crippen molar-refractivity contribution < 1.29 is 0 Å². The number of nitrogens with zero attached hydrogens (tertiary/aromatic N) is 1. The van der Waals surface area contributed by atoms with E-state index in [2.05, 4.69) is 30.2 Å². The maximum absolute atomic E-state index is 6.34. The Labute approximate surface area is 122 Å². The van der Waals surface area contributed by atoms with Crippen LogP contribution < -0.4 is 5.32 Å². The molecule has 0 aromatic carbocycles. The highest BCUT2D eigenvalue weighted by Gasteiger charge is 2.29. The van der Waals surface area contributed by atoms with E-state index in [4.69, 9.17) is 11.6 Å². The van der Waals surface area contributed by atoms with Crippen molar-refractivity contribution in [3.63, 3.8) is 0 Å². The van der Waals surface area contributed by atoms with E-state index in [1.54, 1.807) is 6.20 Å². The Bertz CT molecular complexity index is 394. The lowest BCUT2D eigenvalue weighted by Crippen LogP contribution is -2.31. The average molecular weight is 281 g/mol. The van der Waals surface area contributed by atoms with Crippen LogP contribution in [0.2, 0.25) is 5.02 Å². The Morgan fingerprint density at radius 2 is 2.26 bits per heavy atom. The Balaban J connectivity index is 2.17. The van der Waals surface area contributed by atoms with Crippen LogP contribution in [0.5, 0.6) is 0 Å². The third kappa shape index (κ3) is 3.70. The van der Waals surface area contributed by atoms with Crippen LogP contribution in [0.25, 0.3) is 0 Å². The fourth-order valence-electron chi connectivity index (χ4n) is 3.39. The minimum Gasteiger partial charge on any atom is -0.310 e. The first-order valence-electron chi connectivity index (χ1n) is 7.59. The zero-order valence-corrected chi connectivity index (χ0v) is 12.8. The van der Waals surface area contributed by atoms with Crippen LogP contribution in [-0.4, -0.2) is 11.5 Å². The molecule has 0 spiro atoms. The molecule has 106 valence electrons. The summed E-state index contributed by atoms with van der Waals surface area (Å²) >= 11 is 6.34. The number of halogens is 1. The van der Waals surface area contributed by atoms with Gasteiger partial charge < -0.3 is 5.32 Å². The lowest BCUT2D eigenvalue weighted by molar-refractivity contribution is 0.210. The summed E-state index contributed by atoms with van der Waals surface area (Å²) in [6.07, 6.45) is 10.3. The molecule has 0 radical (unpaired) electrons. The van der Waals surface area contributed by atoms with Gasteiger partial charge in [0, 0.05) is 18.4 Å². The molecule has 1 aromatic rings. The van der Waals surface area contributed by atoms with Gasteiger partial charge in [0.25, 0.3) is 0 Å². The number of hydrogen-bond acceptors (Lipinski definition) is 2. The van der Waals surface area contributed by atoms with Gasteiger partial charge in [0.05, 0.1) is 5.02 Å². The highest BCUT2D eigenvalue weighted by atomic mass is 35.5. The van der Waals surface area contributed by atoms with E-state index in [1.165, 1.54) is 37.7 Å². The molecule has 1 saturated carbocycles. The molecular formula is C16H25ClN2. The molecule has 0 saturated heterocycles. The number of rotatable bonds is 5. The number of hydrogen-bond donors (Lipinski definition) is 1. The van der Waals surface area contributed by atoms with Gasteiger partial charge in [0.15, 0.2) is 0 Å². The molecule has 1 aliphatic carbocycles. The summed E-state index contributed by atoms with van der Waals surface area (Å²) < 4.78 is 0. The van der Waals surface area contributed by atoms with Crippen molar-refractivity contribution in [3.8, 4) is 0 Å². The summed E-state index contributed by atoms with van der Waals surface area (Å²) in [4.78, 5) is 4.10. The van der Waals surface area contributed by atoms with Crippen LogP contribution in [0.3, 0.4) is 0 Å². The maximum atomic E-state index is 6.34. The lowest BCUT2D eigenvalue weighted by Gasteiger charge is -2.35. The first-order valence-corrected chi connectivity index (χ1v) is 7.96. The van der Waals surface area contributed by atoms with Gasteiger partial charge in [-0.1, -0.05) is 44.7 Å².